The molecule has 0 saturated carbocycles. The van der Waals surface area contributed by atoms with Gasteiger partial charge in [0.15, 0.2) is 20.6 Å². The summed E-state index contributed by atoms with van der Waals surface area (Å²) in [6.07, 6.45) is 0. The fourth-order valence-corrected chi connectivity index (χ4v) is 5.54. The summed E-state index contributed by atoms with van der Waals surface area (Å²) in [6, 6.07) is 14.9. The molecule has 2 rings (SSSR count). The fourth-order valence-electron chi connectivity index (χ4n) is 2.69. The van der Waals surface area contributed by atoms with Crippen molar-refractivity contribution in [1.82, 2.24) is 0 Å². The SMILES string of the molecule is C[Si](C)(C)Oc1ccccc1OCC(=O)N(c1ccccc1Cl)[Si](C)(C)C. The molecular formula is C20H28ClNO3Si2. The maximum atomic E-state index is 13.1. The zero-order chi connectivity index (χ0) is 20.2. The molecular weight excluding hydrogens is 394 g/mol. The summed E-state index contributed by atoms with van der Waals surface area (Å²) in [7, 11) is -3.80. The number of rotatable bonds is 7. The van der Waals surface area contributed by atoms with E-state index in [4.69, 9.17) is 20.8 Å². The zero-order valence-electron chi connectivity index (χ0n) is 16.9. The maximum Gasteiger partial charge on any atom is 0.257 e. The highest BCUT2D eigenvalue weighted by atomic mass is 35.5. The van der Waals surface area contributed by atoms with Crippen LogP contribution in [0.3, 0.4) is 0 Å². The van der Waals surface area contributed by atoms with Gasteiger partial charge < -0.3 is 13.7 Å². The summed E-state index contributed by atoms with van der Waals surface area (Å²) in [6.45, 7) is 12.6. The summed E-state index contributed by atoms with van der Waals surface area (Å²) in [5.74, 6) is 1.16. The van der Waals surface area contributed by atoms with Gasteiger partial charge in [0.25, 0.3) is 5.91 Å². The predicted octanol–water partition coefficient (Wildman–Crippen LogP) is 5.80. The number of hydrogen-bond acceptors (Lipinski definition) is 3. The number of anilines is 1. The predicted molar refractivity (Wildman–Crippen MR) is 118 cm³/mol. The Labute approximate surface area is 169 Å². The third-order valence-corrected chi connectivity index (χ3v) is 6.61. The summed E-state index contributed by atoms with van der Waals surface area (Å²) in [4.78, 5) is 13.1. The van der Waals surface area contributed by atoms with Crippen molar-refractivity contribution < 1.29 is 14.0 Å². The average molecular weight is 422 g/mol. The molecule has 0 atom stereocenters. The van der Waals surface area contributed by atoms with E-state index in [1.807, 2.05) is 47.0 Å². The second-order valence-corrected chi connectivity index (χ2v) is 17.9. The summed E-state index contributed by atoms with van der Waals surface area (Å²) < 4.78 is 13.8. The van der Waals surface area contributed by atoms with E-state index < -0.39 is 16.6 Å². The number of hydrogen-bond donors (Lipinski definition) is 0. The van der Waals surface area contributed by atoms with Gasteiger partial charge in [-0.3, -0.25) is 4.79 Å². The number of halogens is 1. The van der Waals surface area contributed by atoms with E-state index in [2.05, 4.69) is 39.3 Å². The molecule has 0 heterocycles. The molecule has 7 heteroatoms. The van der Waals surface area contributed by atoms with E-state index in [1.165, 1.54) is 0 Å². The van der Waals surface area contributed by atoms with Crippen molar-refractivity contribution >= 4 is 39.7 Å². The van der Waals surface area contributed by atoms with Crippen LogP contribution in [-0.4, -0.2) is 29.1 Å². The van der Waals surface area contributed by atoms with Gasteiger partial charge in [-0.2, -0.15) is 0 Å². The molecule has 0 fully saturated rings. The maximum absolute atomic E-state index is 13.1. The van der Waals surface area contributed by atoms with E-state index in [-0.39, 0.29) is 12.5 Å². The Morgan fingerprint density at radius 1 is 0.926 bits per heavy atom. The summed E-state index contributed by atoms with van der Waals surface area (Å²) >= 11 is 6.36. The molecule has 0 bridgehead atoms. The minimum atomic E-state index is -2.02. The average Bonchev–Trinajstić information content (AvgIpc) is 2.53. The largest absolute Gasteiger partial charge is 0.542 e. The minimum Gasteiger partial charge on any atom is -0.542 e. The van der Waals surface area contributed by atoms with Gasteiger partial charge in [-0.05, 0) is 43.9 Å². The molecule has 0 spiro atoms. The van der Waals surface area contributed by atoms with Crippen molar-refractivity contribution in [2.75, 3.05) is 11.2 Å². The normalized spacial score (nSPS) is 11.8. The molecule has 2 aromatic rings. The van der Waals surface area contributed by atoms with Gasteiger partial charge in [0, 0.05) is 0 Å². The number of benzene rings is 2. The van der Waals surface area contributed by atoms with Crippen LogP contribution < -0.4 is 13.7 Å². The third kappa shape index (κ3) is 6.12. The van der Waals surface area contributed by atoms with Gasteiger partial charge in [0.1, 0.15) is 5.75 Å². The standard InChI is InChI=1S/C20H28ClNO3Si2/c1-26(2,3)22(17-12-8-7-11-16(17)21)20(23)15-24-18-13-9-10-14-19(18)25-27(4,5)6/h7-14H,15H2,1-6H3. The molecule has 146 valence electrons. The minimum absolute atomic E-state index is 0.0679. The summed E-state index contributed by atoms with van der Waals surface area (Å²) in [5, 5.41) is 0.566. The smallest absolute Gasteiger partial charge is 0.257 e. The van der Waals surface area contributed by atoms with Crippen molar-refractivity contribution in [2.24, 2.45) is 0 Å². The van der Waals surface area contributed by atoms with Crippen molar-refractivity contribution in [3.63, 3.8) is 0 Å². The highest BCUT2D eigenvalue weighted by Crippen LogP contribution is 2.31. The topological polar surface area (TPSA) is 38.8 Å². The lowest BCUT2D eigenvalue weighted by Gasteiger charge is -2.35. The summed E-state index contributed by atoms with van der Waals surface area (Å²) in [5.41, 5.74) is 0.735. The molecule has 0 aliphatic carbocycles. The van der Waals surface area contributed by atoms with Gasteiger partial charge in [0.05, 0.1) is 10.7 Å². The number of nitrogens with zero attached hydrogens (tertiary/aromatic N) is 1. The molecule has 0 N–H and O–H groups in total. The molecule has 0 aromatic heterocycles. The Morgan fingerprint density at radius 3 is 2.04 bits per heavy atom. The molecule has 0 radical (unpaired) electrons. The number of para-hydroxylation sites is 3. The van der Waals surface area contributed by atoms with Crippen LogP contribution in [0.25, 0.3) is 0 Å². The van der Waals surface area contributed by atoms with Gasteiger partial charge >= 0.3 is 0 Å². The van der Waals surface area contributed by atoms with Crippen molar-refractivity contribution in [3.05, 3.63) is 53.6 Å². The van der Waals surface area contributed by atoms with Crippen LogP contribution in [0.5, 0.6) is 11.5 Å². The van der Waals surface area contributed by atoms with E-state index in [1.54, 1.807) is 6.07 Å². The van der Waals surface area contributed by atoms with Crippen LogP contribution in [0.4, 0.5) is 5.69 Å². The lowest BCUT2D eigenvalue weighted by atomic mass is 10.3. The first-order valence-electron chi connectivity index (χ1n) is 8.97. The quantitative estimate of drug-likeness (QED) is 0.530. The second kappa shape index (κ2) is 8.50. The van der Waals surface area contributed by atoms with E-state index >= 15 is 0 Å². The van der Waals surface area contributed by atoms with Crippen LogP contribution in [0.1, 0.15) is 0 Å². The number of amides is 1. The third-order valence-electron chi connectivity index (χ3n) is 3.63. The fraction of sp³-hybridized carbons (Fsp3) is 0.350. The molecule has 0 unspecified atom stereocenters. The van der Waals surface area contributed by atoms with E-state index in [0.717, 1.165) is 5.69 Å². The van der Waals surface area contributed by atoms with Gasteiger partial charge in [-0.25, -0.2) is 0 Å². The van der Waals surface area contributed by atoms with Crippen LogP contribution in [0.2, 0.25) is 44.3 Å². The Hall–Kier alpha value is -1.77. The van der Waals surface area contributed by atoms with E-state index in [9.17, 15) is 4.79 Å². The van der Waals surface area contributed by atoms with Crippen LogP contribution in [-0.2, 0) is 4.79 Å². The first-order valence-corrected chi connectivity index (χ1v) is 16.2. The number of carbonyl (C=O) groups excluding carboxylic acids is 1. The Balaban J connectivity index is 2.22. The van der Waals surface area contributed by atoms with Gasteiger partial charge in [0.2, 0.25) is 8.32 Å². The Kier molecular flexibility index (Phi) is 6.78. The molecule has 0 saturated heterocycles. The van der Waals surface area contributed by atoms with Crippen molar-refractivity contribution in [2.45, 2.75) is 39.3 Å². The first kappa shape index (κ1) is 21.5. The molecule has 4 nitrogen and oxygen atoms in total. The lowest BCUT2D eigenvalue weighted by Crippen LogP contribution is -2.52. The van der Waals surface area contributed by atoms with Crippen LogP contribution in [0, 0.1) is 0 Å². The second-order valence-electron chi connectivity index (χ2n) is 8.30. The van der Waals surface area contributed by atoms with Crippen LogP contribution in [0.15, 0.2) is 48.5 Å². The van der Waals surface area contributed by atoms with Crippen molar-refractivity contribution in [3.8, 4) is 11.5 Å². The van der Waals surface area contributed by atoms with Crippen molar-refractivity contribution in [1.29, 1.82) is 0 Å². The van der Waals surface area contributed by atoms with Gasteiger partial charge in [-0.1, -0.05) is 55.5 Å². The monoisotopic (exact) mass is 421 g/mol. The Bertz CT molecular complexity index is 800. The highest BCUT2D eigenvalue weighted by molar-refractivity contribution is 6.83. The molecule has 2 aromatic carbocycles. The lowest BCUT2D eigenvalue weighted by molar-refractivity contribution is -0.119. The molecule has 0 aliphatic rings. The zero-order valence-corrected chi connectivity index (χ0v) is 19.6. The molecule has 0 aliphatic heterocycles. The molecule has 27 heavy (non-hydrogen) atoms. The highest BCUT2D eigenvalue weighted by Gasteiger charge is 2.32. The first-order chi connectivity index (χ1) is 12.5. The van der Waals surface area contributed by atoms with E-state index in [0.29, 0.717) is 16.5 Å². The molecule has 1 amide bonds. The Morgan fingerprint density at radius 2 is 1.48 bits per heavy atom. The van der Waals surface area contributed by atoms with Crippen LogP contribution >= 0.6 is 11.6 Å². The van der Waals surface area contributed by atoms with Gasteiger partial charge in [-0.15, -0.1) is 0 Å². The number of carbonyl (C=O) groups is 1. The number of ether oxygens (including phenoxy) is 1.